The van der Waals surface area contributed by atoms with Gasteiger partial charge in [-0.2, -0.15) is 0 Å². The molecule has 1 aromatic rings. The Morgan fingerprint density at radius 1 is 1.33 bits per heavy atom. The lowest BCUT2D eigenvalue weighted by atomic mass is 10.2. The minimum atomic E-state index is -3.06. The van der Waals surface area contributed by atoms with E-state index in [9.17, 15) is 13.2 Å². The van der Waals surface area contributed by atoms with Crippen LogP contribution in [0.2, 0.25) is 10.0 Å². The van der Waals surface area contributed by atoms with Gasteiger partial charge in [0.25, 0.3) is 0 Å². The number of benzene rings is 1. The number of aliphatic hydroxyl groups is 1. The van der Waals surface area contributed by atoms with Crippen molar-refractivity contribution in [3.05, 3.63) is 33.8 Å². The molecule has 1 fully saturated rings. The molecule has 0 aliphatic carbocycles. The van der Waals surface area contributed by atoms with E-state index in [0.717, 1.165) is 5.56 Å². The van der Waals surface area contributed by atoms with Gasteiger partial charge in [-0.3, -0.25) is 0 Å². The lowest BCUT2D eigenvalue weighted by Gasteiger charge is -2.25. The molecule has 1 unspecified atom stereocenters. The maximum atomic E-state index is 12.5. The van der Waals surface area contributed by atoms with E-state index in [1.807, 2.05) is 0 Å². The highest BCUT2D eigenvalue weighted by Crippen LogP contribution is 2.23. The van der Waals surface area contributed by atoms with E-state index >= 15 is 0 Å². The highest BCUT2D eigenvalue weighted by Gasteiger charge is 2.30. The molecular formula is C15H20Cl2N2O4S. The minimum absolute atomic E-state index is 0.0284. The van der Waals surface area contributed by atoms with Gasteiger partial charge in [-0.15, -0.1) is 0 Å². The third kappa shape index (κ3) is 5.51. The van der Waals surface area contributed by atoms with Crippen molar-refractivity contribution < 1.29 is 18.3 Å². The molecule has 6 nitrogen and oxygen atoms in total. The van der Waals surface area contributed by atoms with Gasteiger partial charge in [0.05, 0.1) is 21.6 Å². The summed E-state index contributed by atoms with van der Waals surface area (Å²) in [7, 11) is -3.06. The highest BCUT2D eigenvalue weighted by molar-refractivity contribution is 7.91. The molecule has 24 heavy (non-hydrogen) atoms. The molecular weight excluding hydrogens is 375 g/mol. The fourth-order valence-electron chi connectivity index (χ4n) is 2.55. The number of carbonyl (C=O) groups excluding carboxylic acids is 1. The Morgan fingerprint density at radius 2 is 2.08 bits per heavy atom. The fraction of sp³-hybridized carbons (Fsp3) is 0.533. The Hall–Kier alpha value is -1.02. The molecule has 1 heterocycles. The van der Waals surface area contributed by atoms with E-state index in [-0.39, 0.29) is 30.2 Å². The maximum Gasteiger partial charge on any atom is 0.317 e. The molecule has 134 valence electrons. The molecule has 0 aromatic heterocycles. The number of nitrogens with one attached hydrogen (secondary N) is 1. The van der Waals surface area contributed by atoms with Crippen LogP contribution in [0.25, 0.3) is 0 Å². The van der Waals surface area contributed by atoms with Gasteiger partial charge in [0.15, 0.2) is 9.84 Å². The first-order valence-corrected chi connectivity index (χ1v) is 10.2. The minimum Gasteiger partial charge on any atom is -0.396 e. The largest absolute Gasteiger partial charge is 0.396 e. The standard InChI is InChI=1S/C15H20Cl2N2O4S/c16-13-3-2-11(8-14(13)17)9-19(5-1-6-20)15(21)18-12-4-7-24(22,23)10-12/h2-3,8,12,20H,1,4-7,9-10H2,(H,18,21). The van der Waals surface area contributed by atoms with Crippen molar-refractivity contribution in [3.63, 3.8) is 0 Å². The molecule has 0 spiro atoms. The summed E-state index contributed by atoms with van der Waals surface area (Å²) in [6.07, 6.45) is 0.854. The van der Waals surface area contributed by atoms with E-state index in [1.54, 1.807) is 18.2 Å². The highest BCUT2D eigenvalue weighted by atomic mass is 35.5. The SMILES string of the molecule is O=C(NC1CCS(=O)(=O)C1)N(CCCO)Cc1ccc(Cl)c(Cl)c1. The van der Waals surface area contributed by atoms with Crippen LogP contribution in [0.4, 0.5) is 4.79 Å². The Bertz CT molecular complexity index is 697. The van der Waals surface area contributed by atoms with Gasteiger partial charge in [0.1, 0.15) is 0 Å². The zero-order chi connectivity index (χ0) is 17.7. The average Bonchev–Trinajstić information content (AvgIpc) is 2.85. The number of hydrogen-bond acceptors (Lipinski definition) is 4. The lowest BCUT2D eigenvalue weighted by molar-refractivity contribution is 0.183. The maximum absolute atomic E-state index is 12.5. The van der Waals surface area contributed by atoms with E-state index in [4.69, 9.17) is 28.3 Å². The fourth-order valence-corrected chi connectivity index (χ4v) is 4.54. The van der Waals surface area contributed by atoms with Crippen molar-refractivity contribution in [2.45, 2.75) is 25.4 Å². The van der Waals surface area contributed by atoms with Crippen LogP contribution < -0.4 is 5.32 Å². The Labute approximate surface area is 151 Å². The summed E-state index contributed by atoms with van der Waals surface area (Å²) >= 11 is 11.9. The summed E-state index contributed by atoms with van der Waals surface area (Å²) < 4.78 is 23.0. The topological polar surface area (TPSA) is 86.7 Å². The summed E-state index contributed by atoms with van der Waals surface area (Å²) in [6, 6.07) is 4.39. The third-order valence-electron chi connectivity index (χ3n) is 3.79. The van der Waals surface area contributed by atoms with E-state index in [0.29, 0.717) is 36.0 Å². The Balaban J connectivity index is 2.03. The van der Waals surface area contributed by atoms with Crippen molar-refractivity contribution in [1.29, 1.82) is 0 Å². The predicted molar refractivity (Wildman–Crippen MR) is 94.2 cm³/mol. The third-order valence-corrected chi connectivity index (χ3v) is 6.30. The number of amides is 2. The number of halogens is 2. The van der Waals surface area contributed by atoms with E-state index in [1.165, 1.54) is 4.90 Å². The second kappa shape index (κ2) is 8.38. The van der Waals surface area contributed by atoms with Crippen LogP contribution in [0.3, 0.4) is 0 Å². The number of hydrogen-bond donors (Lipinski definition) is 2. The van der Waals surface area contributed by atoms with Crippen molar-refractivity contribution >= 4 is 39.1 Å². The number of aliphatic hydroxyl groups excluding tert-OH is 1. The molecule has 2 amide bonds. The van der Waals surface area contributed by atoms with Crippen LogP contribution in [-0.4, -0.2) is 55.2 Å². The van der Waals surface area contributed by atoms with Crippen molar-refractivity contribution in [3.8, 4) is 0 Å². The molecule has 1 atom stereocenters. The van der Waals surface area contributed by atoms with Gasteiger partial charge in [-0.05, 0) is 30.5 Å². The van der Waals surface area contributed by atoms with Crippen LogP contribution in [0.1, 0.15) is 18.4 Å². The second-order valence-electron chi connectivity index (χ2n) is 5.80. The average molecular weight is 395 g/mol. The molecule has 1 aliphatic rings. The van der Waals surface area contributed by atoms with Gasteiger partial charge in [0, 0.05) is 25.7 Å². The number of urea groups is 1. The zero-order valence-electron chi connectivity index (χ0n) is 13.0. The summed E-state index contributed by atoms with van der Waals surface area (Å²) in [4.78, 5) is 14.0. The normalized spacial score (nSPS) is 19.2. The molecule has 1 aromatic carbocycles. The molecule has 1 saturated heterocycles. The summed E-state index contributed by atoms with van der Waals surface area (Å²) in [5, 5.41) is 12.6. The summed E-state index contributed by atoms with van der Waals surface area (Å²) in [5.41, 5.74) is 0.802. The van der Waals surface area contributed by atoms with Crippen molar-refractivity contribution in [2.75, 3.05) is 24.7 Å². The van der Waals surface area contributed by atoms with E-state index in [2.05, 4.69) is 5.32 Å². The Morgan fingerprint density at radius 3 is 2.67 bits per heavy atom. The second-order valence-corrected chi connectivity index (χ2v) is 8.84. The van der Waals surface area contributed by atoms with E-state index < -0.39 is 9.84 Å². The number of sulfone groups is 1. The molecule has 9 heteroatoms. The molecule has 0 radical (unpaired) electrons. The van der Waals surface area contributed by atoms with Crippen LogP contribution >= 0.6 is 23.2 Å². The lowest BCUT2D eigenvalue weighted by Crippen LogP contribution is -2.45. The van der Waals surface area contributed by atoms with Gasteiger partial charge >= 0.3 is 6.03 Å². The monoisotopic (exact) mass is 394 g/mol. The summed E-state index contributed by atoms with van der Waals surface area (Å²) in [6.45, 7) is 0.604. The van der Waals surface area contributed by atoms with Gasteiger partial charge in [0.2, 0.25) is 0 Å². The smallest absolute Gasteiger partial charge is 0.317 e. The van der Waals surface area contributed by atoms with Gasteiger partial charge in [-0.25, -0.2) is 13.2 Å². The summed E-state index contributed by atoms with van der Waals surface area (Å²) in [5.74, 6) is 0.0702. The van der Waals surface area contributed by atoms with Gasteiger partial charge in [-0.1, -0.05) is 29.3 Å². The molecule has 2 N–H and O–H groups in total. The molecule has 2 rings (SSSR count). The first-order chi connectivity index (χ1) is 11.3. The first kappa shape index (κ1) is 19.3. The number of rotatable bonds is 6. The zero-order valence-corrected chi connectivity index (χ0v) is 15.4. The van der Waals surface area contributed by atoms with Crippen LogP contribution in [0.15, 0.2) is 18.2 Å². The van der Waals surface area contributed by atoms with Crippen LogP contribution in [-0.2, 0) is 16.4 Å². The van der Waals surface area contributed by atoms with Crippen LogP contribution in [0.5, 0.6) is 0 Å². The molecule has 0 saturated carbocycles. The van der Waals surface area contributed by atoms with Crippen LogP contribution in [0, 0.1) is 0 Å². The van der Waals surface area contributed by atoms with Gasteiger partial charge < -0.3 is 15.3 Å². The number of carbonyl (C=O) groups is 1. The van der Waals surface area contributed by atoms with Crippen molar-refractivity contribution in [1.82, 2.24) is 10.2 Å². The first-order valence-electron chi connectivity index (χ1n) is 7.61. The molecule has 0 bridgehead atoms. The van der Waals surface area contributed by atoms with Crippen molar-refractivity contribution in [2.24, 2.45) is 0 Å². The quantitative estimate of drug-likeness (QED) is 0.772. The number of nitrogens with zero attached hydrogens (tertiary/aromatic N) is 1. The molecule has 1 aliphatic heterocycles. The Kier molecular flexibility index (Phi) is 6.74. The predicted octanol–water partition coefficient (Wildman–Crippen LogP) is 2.07.